The van der Waals surface area contributed by atoms with Gasteiger partial charge in [-0.05, 0) is 56.3 Å². The first-order chi connectivity index (χ1) is 9.72. The van der Waals surface area contributed by atoms with Crippen molar-refractivity contribution in [3.8, 4) is 0 Å². The lowest BCUT2D eigenvalue weighted by Gasteiger charge is -2.42. The zero-order chi connectivity index (χ0) is 14.4. The molecule has 0 aromatic rings. The van der Waals surface area contributed by atoms with Crippen molar-refractivity contribution < 1.29 is 9.47 Å². The Balaban J connectivity index is 1.98. The van der Waals surface area contributed by atoms with E-state index in [1.165, 1.54) is 57.8 Å². The molecule has 0 N–H and O–H groups in total. The van der Waals surface area contributed by atoms with Gasteiger partial charge in [-0.15, -0.1) is 0 Å². The Bertz CT molecular complexity index is 261. The summed E-state index contributed by atoms with van der Waals surface area (Å²) in [5, 5.41) is 0. The maximum Gasteiger partial charge on any atom is 0.0543 e. The predicted molar refractivity (Wildman–Crippen MR) is 83.9 cm³/mol. The number of methoxy groups -OCH3 is 2. The van der Waals surface area contributed by atoms with Gasteiger partial charge in [0.15, 0.2) is 0 Å². The van der Waals surface area contributed by atoms with Gasteiger partial charge in [0, 0.05) is 19.6 Å². The SMILES string of the molecule is COCC(CCC(C)C1CC1)(COC)C1CCCCC1. The zero-order valence-electron chi connectivity index (χ0n) is 13.8. The van der Waals surface area contributed by atoms with E-state index in [2.05, 4.69) is 6.92 Å². The molecule has 0 amide bonds. The van der Waals surface area contributed by atoms with E-state index in [4.69, 9.17) is 9.47 Å². The summed E-state index contributed by atoms with van der Waals surface area (Å²) in [5.74, 6) is 2.72. The Hall–Kier alpha value is -0.0800. The van der Waals surface area contributed by atoms with Gasteiger partial charge >= 0.3 is 0 Å². The molecule has 2 aliphatic rings. The van der Waals surface area contributed by atoms with E-state index in [0.29, 0.717) is 0 Å². The van der Waals surface area contributed by atoms with E-state index in [0.717, 1.165) is 31.0 Å². The van der Waals surface area contributed by atoms with Crippen LogP contribution < -0.4 is 0 Å². The molecule has 0 aromatic carbocycles. The predicted octanol–water partition coefficient (Wildman–Crippen LogP) is 4.67. The first-order valence-electron chi connectivity index (χ1n) is 8.70. The van der Waals surface area contributed by atoms with Crippen LogP contribution in [0, 0.1) is 23.2 Å². The van der Waals surface area contributed by atoms with E-state index in [1.807, 2.05) is 14.2 Å². The van der Waals surface area contributed by atoms with Gasteiger partial charge in [0.25, 0.3) is 0 Å². The molecular formula is C18H34O2. The minimum atomic E-state index is 0.271. The smallest absolute Gasteiger partial charge is 0.0543 e. The Kier molecular flexibility index (Phi) is 6.35. The molecule has 0 aliphatic heterocycles. The molecule has 2 nitrogen and oxygen atoms in total. The van der Waals surface area contributed by atoms with Crippen molar-refractivity contribution >= 4 is 0 Å². The Morgan fingerprint density at radius 1 is 0.950 bits per heavy atom. The van der Waals surface area contributed by atoms with Crippen molar-refractivity contribution in [3.63, 3.8) is 0 Å². The molecule has 2 rings (SSSR count). The molecule has 1 atom stereocenters. The lowest BCUT2D eigenvalue weighted by atomic mass is 9.66. The lowest BCUT2D eigenvalue weighted by molar-refractivity contribution is -0.0497. The summed E-state index contributed by atoms with van der Waals surface area (Å²) >= 11 is 0. The normalized spacial score (nSPS) is 22.9. The summed E-state index contributed by atoms with van der Waals surface area (Å²) in [4.78, 5) is 0. The van der Waals surface area contributed by atoms with Gasteiger partial charge in [0.05, 0.1) is 13.2 Å². The van der Waals surface area contributed by atoms with E-state index in [-0.39, 0.29) is 5.41 Å². The number of hydrogen-bond acceptors (Lipinski definition) is 2. The molecule has 2 heteroatoms. The molecule has 0 radical (unpaired) electrons. The molecule has 2 aliphatic carbocycles. The number of ether oxygens (including phenoxy) is 2. The lowest BCUT2D eigenvalue weighted by Crippen LogP contribution is -2.41. The fraction of sp³-hybridized carbons (Fsp3) is 1.00. The largest absolute Gasteiger partial charge is 0.384 e. The third-order valence-corrected chi connectivity index (χ3v) is 5.86. The third kappa shape index (κ3) is 4.21. The van der Waals surface area contributed by atoms with E-state index < -0.39 is 0 Å². The van der Waals surface area contributed by atoms with Crippen molar-refractivity contribution in [1.29, 1.82) is 0 Å². The van der Waals surface area contributed by atoms with Gasteiger partial charge in [0.2, 0.25) is 0 Å². The highest BCUT2D eigenvalue weighted by Gasteiger charge is 2.40. The molecule has 2 saturated carbocycles. The molecule has 0 aromatic heterocycles. The summed E-state index contributed by atoms with van der Waals surface area (Å²) < 4.78 is 11.3. The number of rotatable bonds is 9. The monoisotopic (exact) mass is 282 g/mol. The fourth-order valence-electron chi connectivity index (χ4n) is 4.33. The molecule has 2 fully saturated rings. The minimum Gasteiger partial charge on any atom is -0.384 e. The average molecular weight is 282 g/mol. The fourth-order valence-corrected chi connectivity index (χ4v) is 4.33. The van der Waals surface area contributed by atoms with Crippen LogP contribution in [0.3, 0.4) is 0 Å². The van der Waals surface area contributed by atoms with E-state index in [1.54, 1.807) is 0 Å². The third-order valence-electron chi connectivity index (χ3n) is 5.86. The van der Waals surface area contributed by atoms with Gasteiger partial charge in [-0.2, -0.15) is 0 Å². The van der Waals surface area contributed by atoms with Crippen molar-refractivity contribution in [2.24, 2.45) is 23.2 Å². The van der Waals surface area contributed by atoms with E-state index >= 15 is 0 Å². The second kappa shape index (κ2) is 7.79. The molecule has 0 bridgehead atoms. The van der Waals surface area contributed by atoms with Crippen molar-refractivity contribution in [1.82, 2.24) is 0 Å². The van der Waals surface area contributed by atoms with Crippen LogP contribution in [-0.4, -0.2) is 27.4 Å². The quantitative estimate of drug-likeness (QED) is 0.611. The molecule has 0 heterocycles. The summed E-state index contributed by atoms with van der Waals surface area (Å²) in [6.45, 7) is 4.20. The van der Waals surface area contributed by atoms with Crippen LogP contribution in [-0.2, 0) is 9.47 Å². The van der Waals surface area contributed by atoms with Gasteiger partial charge < -0.3 is 9.47 Å². The van der Waals surface area contributed by atoms with Gasteiger partial charge in [-0.1, -0.05) is 26.2 Å². The van der Waals surface area contributed by atoms with E-state index in [9.17, 15) is 0 Å². The Morgan fingerprint density at radius 2 is 1.55 bits per heavy atom. The van der Waals surface area contributed by atoms with Crippen LogP contribution in [0.15, 0.2) is 0 Å². The summed E-state index contributed by atoms with van der Waals surface area (Å²) in [6, 6.07) is 0. The second-order valence-corrected chi connectivity index (χ2v) is 7.42. The molecule has 20 heavy (non-hydrogen) atoms. The topological polar surface area (TPSA) is 18.5 Å². The zero-order valence-corrected chi connectivity index (χ0v) is 13.8. The van der Waals surface area contributed by atoms with Gasteiger partial charge in [-0.3, -0.25) is 0 Å². The maximum absolute atomic E-state index is 5.64. The highest BCUT2D eigenvalue weighted by Crippen LogP contribution is 2.46. The maximum atomic E-state index is 5.64. The van der Waals surface area contributed by atoms with Crippen molar-refractivity contribution in [3.05, 3.63) is 0 Å². The first-order valence-corrected chi connectivity index (χ1v) is 8.70. The van der Waals surface area contributed by atoms with Crippen LogP contribution in [0.4, 0.5) is 0 Å². The standard InChI is InChI=1S/C18H34O2/c1-15(16-9-10-16)11-12-18(13-19-2,14-20-3)17-7-5-4-6-8-17/h15-17H,4-14H2,1-3H3. The second-order valence-electron chi connectivity index (χ2n) is 7.42. The molecule has 0 spiro atoms. The summed E-state index contributed by atoms with van der Waals surface area (Å²) in [7, 11) is 3.72. The minimum absolute atomic E-state index is 0.271. The average Bonchev–Trinajstić information content (AvgIpc) is 3.30. The molecule has 1 unspecified atom stereocenters. The Labute approximate surface area is 125 Å². The summed E-state index contributed by atoms with van der Waals surface area (Å²) in [5.41, 5.74) is 0.271. The Morgan fingerprint density at radius 3 is 2.05 bits per heavy atom. The van der Waals surface area contributed by atoms with Crippen molar-refractivity contribution in [2.75, 3.05) is 27.4 Å². The van der Waals surface area contributed by atoms with Crippen LogP contribution in [0.25, 0.3) is 0 Å². The molecule has 0 saturated heterocycles. The summed E-state index contributed by atoms with van der Waals surface area (Å²) in [6.07, 6.45) is 12.6. The number of hydrogen-bond donors (Lipinski definition) is 0. The van der Waals surface area contributed by atoms with Crippen molar-refractivity contribution in [2.45, 2.75) is 64.7 Å². The highest BCUT2D eigenvalue weighted by molar-refractivity contribution is 4.90. The molecular weight excluding hydrogens is 248 g/mol. The highest BCUT2D eigenvalue weighted by atomic mass is 16.5. The van der Waals surface area contributed by atoms with Crippen LogP contribution in [0.2, 0.25) is 0 Å². The van der Waals surface area contributed by atoms with Gasteiger partial charge in [0.1, 0.15) is 0 Å². The first kappa shape index (κ1) is 16.3. The van der Waals surface area contributed by atoms with Gasteiger partial charge in [-0.25, -0.2) is 0 Å². The van der Waals surface area contributed by atoms with Crippen LogP contribution >= 0.6 is 0 Å². The van der Waals surface area contributed by atoms with Crippen LogP contribution in [0.1, 0.15) is 64.7 Å². The molecule has 118 valence electrons. The van der Waals surface area contributed by atoms with Crippen LogP contribution in [0.5, 0.6) is 0 Å².